The fourth-order valence-corrected chi connectivity index (χ4v) is 1.08. The number of nitrogens with one attached hydrogen (secondary N) is 1. The molecule has 0 aliphatic rings. The van der Waals surface area contributed by atoms with Gasteiger partial charge in [-0.3, -0.25) is 4.79 Å². The van der Waals surface area contributed by atoms with Crippen LogP contribution in [0.4, 0.5) is 4.39 Å². The van der Waals surface area contributed by atoms with Gasteiger partial charge in [-0.15, -0.1) is 0 Å². The maximum atomic E-state index is 13.1. The summed E-state index contributed by atoms with van der Waals surface area (Å²) in [4.78, 5) is 11.5. The van der Waals surface area contributed by atoms with Gasteiger partial charge in [-0.2, -0.15) is 0 Å². The van der Waals surface area contributed by atoms with Crippen molar-refractivity contribution in [1.82, 2.24) is 5.32 Å². The molecule has 0 aliphatic carbocycles. The third-order valence-electron chi connectivity index (χ3n) is 1.85. The number of carbonyl (C=O) groups is 1. The van der Waals surface area contributed by atoms with E-state index in [2.05, 4.69) is 5.32 Å². The van der Waals surface area contributed by atoms with Crippen LogP contribution in [0.5, 0.6) is 0 Å². The third-order valence-corrected chi connectivity index (χ3v) is 1.85. The van der Waals surface area contributed by atoms with Crippen LogP contribution >= 0.6 is 0 Å². The molecule has 3 heteroatoms. The Balaban J connectivity index is 2.65. The van der Waals surface area contributed by atoms with Crippen molar-refractivity contribution in [2.45, 2.75) is 19.9 Å². The van der Waals surface area contributed by atoms with Gasteiger partial charge in [-0.25, -0.2) is 4.39 Å². The van der Waals surface area contributed by atoms with Crippen LogP contribution in [0.25, 0.3) is 0 Å². The molecule has 0 aliphatic heterocycles. The van der Waals surface area contributed by atoms with Gasteiger partial charge in [0.15, 0.2) is 5.78 Å². The largest absolute Gasteiger partial charge is 0.307 e. The van der Waals surface area contributed by atoms with Crippen molar-refractivity contribution in [2.75, 3.05) is 6.54 Å². The van der Waals surface area contributed by atoms with E-state index in [0.717, 1.165) is 0 Å². The molecule has 0 fully saturated rings. The highest BCUT2D eigenvalue weighted by Crippen LogP contribution is 2.06. The summed E-state index contributed by atoms with van der Waals surface area (Å²) < 4.78 is 13.1. The van der Waals surface area contributed by atoms with E-state index < -0.39 is 5.82 Å². The van der Waals surface area contributed by atoms with Crippen molar-refractivity contribution in [3.63, 3.8) is 0 Å². The molecule has 0 amide bonds. The molecule has 0 heterocycles. The Morgan fingerprint density at radius 2 is 2.07 bits per heavy atom. The number of rotatable bonds is 4. The molecule has 0 aromatic heterocycles. The molecule has 0 bridgehead atoms. The van der Waals surface area contributed by atoms with E-state index in [1.165, 1.54) is 12.1 Å². The SMILES string of the molecule is CC(C)NCC(=O)c1ccccc1F. The smallest absolute Gasteiger partial charge is 0.179 e. The van der Waals surface area contributed by atoms with Gasteiger partial charge in [0.25, 0.3) is 0 Å². The lowest BCUT2D eigenvalue weighted by atomic mass is 10.1. The summed E-state index contributed by atoms with van der Waals surface area (Å²) in [5.41, 5.74) is 0.153. The number of hydrogen-bond donors (Lipinski definition) is 1. The highest BCUT2D eigenvalue weighted by atomic mass is 19.1. The summed E-state index contributed by atoms with van der Waals surface area (Å²) in [7, 11) is 0. The van der Waals surface area contributed by atoms with Gasteiger partial charge in [0.05, 0.1) is 12.1 Å². The van der Waals surface area contributed by atoms with Crippen molar-refractivity contribution < 1.29 is 9.18 Å². The lowest BCUT2D eigenvalue weighted by molar-refractivity contribution is 0.0984. The van der Waals surface area contributed by atoms with E-state index in [0.29, 0.717) is 0 Å². The second-order valence-electron chi connectivity index (χ2n) is 3.44. The molecule has 0 saturated heterocycles. The first kappa shape index (κ1) is 10.9. The quantitative estimate of drug-likeness (QED) is 0.744. The van der Waals surface area contributed by atoms with Crippen LogP contribution in [0.2, 0.25) is 0 Å². The van der Waals surface area contributed by atoms with E-state index in [9.17, 15) is 9.18 Å². The van der Waals surface area contributed by atoms with Gasteiger partial charge in [0.2, 0.25) is 0 Å². The second kappa shape index (κ2) is 4.86. The Morgan fingerprint density at radius 1 is 1.43 bits per heavy atom. The monoisotopic (exact) mass is 195 g/mol. The van der Waals surface area contributed by atoms with Crippen molar-refractivity contribution in [3.05, 3.63) is 35.6 Å². The minimum absolute atomic E-state index is 0.153. The Labute approximate surface area is 83.1 Å². The minimum Gasteiger partial charge on any atom is -0.307 e. The lowest BCUT2D eigenvalue weighted by Crippen LogP contribution is -2.29. The molecule has 0 saturated carbocycles. The Morgan fingerprint density at radius 3 is 2.64 bits per heavy atom. The molecule has 1 aromatic rings. The van der Waals surface area contributed by atoms with Crippen LogP contribution in [0.15, 0.2) is 24.3 Å². The van der Waals surface area contributed by atoms with Gasteiger partial charge >= 0.3 is 0 Å². The second-order valence-corrected chi connectivity index (χ2v) is 3.44. The first-order valence-corrected chi connectivity index (χ1v) is 4.62. The Hall–Kier alpha value is -1.22. The van der Waals surface area contributed by atoms with Crippen LogP contribution < -0.4 is 5.32 Å². The number of hydrogen-bond acceptors (Lipinski definition) is 2. The molecular weight excluding hydrogens is 181 g/mol. The molecule has 1 aromatic carbocycles. The molecule has 76 valence electrons. The molecule has 0 unspecified atom stereocenters. The van der Waals surface area contributed by atoms with Gasteiger partial charge in [-0.1, -0.05) is 26.0 Å². The van der Waals surface area contributed by atoms with Gasteiger partial charge < -0.3 is 5.32 Å². The van der Waals surface area contributed by atoms with E-state index >= 15 is 0 Å². The number of Topliss-reactive ketones (excluding diaryl/α,β-unsaturated/α-hetero) is 1. The third kappa shape index (κ3) is 2.92. The Bertz CT molecular complexity index is 323. The summed E-state index contributed by atoms with van der Waals surface area (Å²) in [6.45, 7) is 4.06. The minimum atomic E-state index is -0.456. The molecule has 1 N–H and O–H groups in total. The molecule has 0 spiro atoms. The number of ketones is 1. The van der Waals surface area contributed by atoms with E-state index in [1.807, 2.05) is 13.8 Å². The van der Waals surface area contributed by atoms with E-state index in [1.54, 1.807) is 12.1 Å². The van der Waals surface area contributed by atoms with Crippen LogP contribution in [-0.2, 0) is 0 Å². The standard InChI is InChI=1S/C11H14FNO/c1-8(2)13-7-11(14)9-5-3-4-6-10(9)12/h3-6,8,13H,7H2,1-2H3. The molecule has 0 atom stereocenters. The Kier molecular flexibility index (Phi) is 3.77. The molecular formula is C11H14FNO. The number of carbonyl (C=O) groups excluding carboxylic acids is 1. The summed E-state index contributed by atoms with van der Waals surface area (Å²) in [5.74, 6) is -0.667. The molecule has 2 nitrogen and oxygen atoms in total. The van der Waals surface area contributed by atoms with Gasteiger partial charge in [0, 0.05) is 6.04 Å². The fourth-order valence-electron chi connectivity index (χ4n) is 1.08. The molecule has 14 heavy (non-hydrogen) atoms. The van der Waals surface area contributed by atoms with E-state index in [4.69, 9.17) is 0 Å². The van der Waals surface area contributed by atoms with Crippen LogP contribution in [0.1, 0.15) is 24.2 Å². The predicted octanol–water partition coefficient (Wildman–Crippen LogP) is 2.01. The summed E-state index contributed by atoms with van der Waals surface area (Å²) in [5, 5.41) is 2.95. The predicted molar refractivity (Wildman–Crippen MR) is 53.9 cm³/mol. The van der Waals surface area contributed by atoms with Crippen LogP contribution in [-0.4, -0.2) is 18.4 Å². The normalized spacial score (nSPS) is 10.6. The van der Waals surface area contributed by atoms with Gasteiger partial charge in [0.1, 0.15) is 5.82 Å². The van der Waals surface area contributed by atoms with Crippen molar-refractivity contribution >= 4 is 5.78 Å². The summed E-state index contributed by atoms with van der Waals surface area (Å²) in [6, 6.07) is 6.25. The maximum Gasteiger partial charge on any atom is 0.179 e. The fraction of sp³-hybridized carbons (Fsp3) is 0.364. The average Bonchev–Trinajstić information content (AvgIpc) is 2.15. The average molecular weight is 195 g/mol. The molecule has 0 radical (unpaired) electrons. The zero-order valence-electron chi connectivity index (χ0n) is 8.38. The zero-order chi connectivity index (χ0) is 10.6. The number of halogens is 1. The molecule has 1 rings (SSSR count). The van der Waals surface area contributed by atoms with E-state index in [-0.39, 0.29) is 23.9 Å². The number of benzene rings is 1. The van der Waals surface area contributed by atoms with Gasteiger partial charge in [-0.05, 0) is 12.1 Å². The van der Waals surface area contributed by atoms with Crippen LogP contribution in [0.3, 0.4) is 0 Å². The van der Waals surface area contributed by atoms with Crippen LogP contribution in [0, 0.1) is 5.82 Å². The highest BCUT2D eigenvalue weighted by molar-refractivity contribution is 5.97. The van der Waals surface area contributed by atoms with Crippen molar-refractivity contribution in [1.29, 1.82) is 0 Å². The zero-order valence-corrected chi connectivity index (χ0v) is 8.38. The maximum absolute atomic E-state index is 13.1. The topological polar surface area (TPSA) is 29.1 Å². The van der Waals surface area contributed by atoms with Crippen molar-refractivity contribution in [2.24, 2.45) is 0 Å². The summed E-state index contributed by atoms with van der Waals surface area (Å²) >= 11 is 0. The summed E-state index contributed by atoms with van der Waals surface area (Å²) in [6.07, 6.45) is 0. The highest BCUT2D eigenvalue weighted by Gasteiger charge is 2.10. The first-order chi connectivity index (χ1) is 6.61. The first-order valence-electron chi connectivity index (χ1n) is 4.62. The van der Waals surface area contributed by atoms with Crippen molar-refractivity contribution in [3.8, 4) is 0 Å². The lowest BCUT2D eigenvalue weighted by Gasteiger charge is -2.07.